The first kappa shape index (κ1) is 14.8. The largest absolute Gasteiger partial charge is 0.478 e. The zero-order valence-electron chi connectivity index (χ0n) is 11.7. The van der Waals surface area contributed by atoms with Gasteiger partial charge in [0.1, 0.15) is 0 Å². The standard InChI is InChI=1S/C15H19BrN2O3/c16-10-3-4-14(13(6-10)15(19)20)17-7-12-8-18-5-1-2-11(18)9-21-12/h3-4,6,11-12,17H,1-2,5,7-9H2,(H,19,20). The topological polar surface area (TPSA) is 61.8 Å². The molecule has 0 radical (unpaired) electrons. The normalized spacial score (nSPS) is 25.6. The van der Waals surface area contributed by atoms with Gasteiger partial charge in [0, 0.05) is 29.3 Å². The van der Waals surface area contributed by atoms with Crippen molar-refractivity contribution in [2.45, 2.75) is 25.0 Å². The summed E-state index contributed by atoms with van der Waals surface area (Å²) in [6.45, 7) is 3.50. The number of nitrogens with one attached hydrogen (secondary N) is 1. The average molecular weight is 355 g/mol. The molecule has 2 aliphatic heterocycles. The second-order valence-corrected chi connectivity index (χ2v) is 6.54. The number of benzene rings is 1. The van der Waals surface area contributed by atoms with Gasteiger partial charge in [-0.25, -0.2) is 4.79 Å². The van der Waals surface area contributed by atoms with Crippen molar-refractivity contribution < 1.29 is 14.6 Å². The molecule has 0 saturated carbocycles. The minimum Gasteiger partial charge on any atom is -0.478 e. The van der Waals surface area contributed by atoms with E-state index >= 15 is 0 Å². The lowest BCUT2D eigenvalue weighted by Crippen LogP contribution is -2.48. The lowest BCUT2D eigenvalue weighted by Gasteiger charge is -2.35. The fraction of sp³-hybridized carbons (Fsp3) is 0.533. The van der Waals surface area contributed by atoms with Crippen LogP contribution in [0.15, 0.2) is 22.7 Å². The summed E-state index contributed by atoms with van der Waals surface area (Å²) < 4.78 is 6.64. The SMILES string of the molecule is O=C(O)c1cc(Br)ccc1NCC1CN2CCCC2CO1. The van der Waals surface area contributed by atoms with Crippen molar-refractivity contribution in [2.24, 2.45) is 0 Å². The third kappa shape index (κ3) is 3.39. The van der Waals surface area contributed by atoms with Crippen molar-refractivity contribution >= 4 is 27.6 Å². The number of ether oxygens (including phenoxy) is 1. The van der Waals surface area contributed by atoms with Crippen LogP contribution >= 0.6 is 15.9 Å². The lowest BCUT2D eigenvalue weighted by molar-refractivity contribution is -0.0415. The zero-order valence-corrected chi connectivity index (χ0v) is 13.3. The van der Waals surface area contributed by atoms with E-state index in [1.54, 1.807) is 12.1 Å². The van der Waals surface area contributed by atoms with Crippen molar-refractivity contribution in [1.82, 2.24) is 4.90 Å². The molecule has 2 heterocycles. The summed E-state index contributed by atoms with van der Waals surface area (Å²) in [6.07, 6.45) is 2.60. The third-order valence-corrected chi connectivity index (χ3v) is 4.69. The zero-order chi connectivity index (χ0) is 14.8. The van der Waals surface area contributed by atoms with Crippen LogP contribution in [0.4, 0.5) is 5.69 Å². The van der Waals surface area contributed by atoms with Gasteiger partial charge < -0.3 is 15.2 Å². The summed E-state index contributed by atoms with van der Waals surface area (Å²) in [5.74, 6) is -0.928. The van der Waals surface area contributed by atoms with E-state index in [0.717, 1.165) is 24.2 Å². The van der Waals surface area contributed by atoms with E-state index in [9.17, 15) is 9.90 Å². The Hall–Kier alpha value is -1.11. The lowest BCUT2D eigenvalue weighted by atomic mass is 10.1. The van der Waals surface area contributed by atoms with Gasteiger partial charge in [0.05, 0.1) is 18.3 Å². The van der Waals surface area contributed by atoms with Crippen molar-refractivity contribution in [3.63, 3.8) is 0 Å². The van der Waals surface area contributed by atoms with Crippen LogP contribution in [0.1, 0.15) is 23.2 Å². The van der Waals surface area contributed by atoms with Gasteiger partial charge in [-0.05, 0) is 37.6 Å². The van der Waals surface area contributed by atoms with Crippen LogP contribution in [0.2, 0.25) is 0 Å². The Morgan fingerprint density at radius 2 is 2.38 bits per heavy atom. The fourth-order valence-corrected chi connectivity index (χ4v) is 3.44. The van der Waals surface area contributed by atoms with E-state index in [0.29, 0.717) is 18.3 Å². The summed E-state index contributed by atoms with van der Waals surface area (Å²) in [5.41, 5.74) is 0.914. The maximum absolute atomic E-state index is 11.3. The average Bonchev–Trinajstić information content (AvgIpc) is 2.93. The summed E-state index contributed by atoms with van der Waals surface area (Å²) in [5, 5.41) is 12.5. The minimum atomic E-state index is -0.928. The molecule has 0 spiro atoms. The van der Waals surface area contributed by atoms with E-state index in [-0.39, 0.29) is 11.7 Å². The molecule has 2 fully saturated rings. The van der Waals surface area contributed by atoms with Gasteiger partial charge in [-0.2, -0.15) is 0 Å². The van der Waals surface area contributed by atoms with Gasteiger partial charge in [0.25, 0.3) is 0 Å². The number of halogens is 1. The molecule has 21 heavy (non-hydrogen) atoms. The van der Waals surface area contributed by atoms with Gasteiger partial charge in [-0.3, -0.25) is 4.90 Å². The summed E-state index contributed by atoms with van der Waals surface area (Å²) in [7, 11) is 0. The van der Waals surface area contributed by atoms with E-state index in [4.69, 9.17) is 4.74 Å². The molecular formula is C15H19BrN2O3. The predicted molar refractivity (Wildman–Crippen MR) is 83.9 cm³/mol. The van der Waals surface area contributed by atoms with Gasteiger partial charge in [-0.1, -0.05) is 15.9 Å². The van der Waals surface area contributed by atoms with Crippen LogP contribution in [0.25, 0.3) is 0 Å². The number of anilines is 1. The van der Waals surface area contributed by atoms with Crippen molar-refractivity contribution in [3.8, 4) is 0 Å². The maximum atomic E-state index is 11.3. The maximum Gasteiger partial charge on any atom is 0.337 e. The van der Waals surface area contributed by atoms with E-state index in [2.05, 4.69) is 26.1 Å². The number of hydrogen-bond acceptors (Lipinski definition) is 4. The Morgan fingerprint density at radius 1 is 1.52 bits per heavy atom. The van der Waals surface area contributed by atoms with Crippen molar-refractivity contribution in [3.05, 3.63) is 28.2 Å². The molecular weight excluding hydrogens is 336 g/mol. The van der Waals surface area contributed by atoms with Crippen LogP contribution in [-0.4, -0.2) is 54.4 Å². The molecule has 2 N–H and O–H groups in total. The molecule has 1 aromatic carbocycles. The second kappa shape index (κ2) is 6.34. The highest BCUT2D eigenvalue weighted by atomic mass is 79.9. The van der Waals surface area contributed by atoms with Gasteiger partial charge in [-0.15, -0.1) is 0 Å². The van der Waals surface area contributed by atoms with Gasteiger partial charge in [0.2, 0.25) is 0 Å². The van der Waals surface area contributed by atoms with Crippen LogP contribution in [0.3, 0.4) is 0 Å². The summed E-state index contributed by atoms with van der Waals surface area (Å²) in [6, 6.07) is 5.83. The minimum absolute atomic E-state index is 0.115. The number of hydrogen-bond donors (Lipinski definition) is 2. The number of carbonyl (C=O) groups is 1. The van der Waals surface area contributed by atoms with Crippen molar-refractivity contribution in [1.29, 1.82) is 0 Å². The number of fused-ring (bicyclic) bond motifs is 1. The van der Waals surface area contributed by atoms with Crippen LogP contribution < -0.4 is 5.32 Å². The number of rotatable bonds is 4. The molecule has 2 aliphatic rings. The number of carboxylic acid groups (broad SMARTS) is 1. The number of nitrogens with zero attached hydrogens (tertiary/aromatic N) is 1. The van der Waals surface area contributed by atoms with Crippen LogP contribution in [0.5, 0.6) is 0 Å². The highest BCUT2D eigenvalue weighted by molar-refractivity contribution is 9.10. The van der Waals surface area contributed by atoms with Crippen molar-refractivity contribution in [2.75, 3.05) is 31.6 Å². The monoisotopic (exact) mass is 354 g/mol. The number of carboxylic acids is 1. The molecule has 0 amide bonds. The molecule has 0 aromatic heterocycles. The Bertz CT molecular complexity index is 538. The Kier molecular flexibility index (Phi) is 4.47. The molecule has 6 heteroatoms. The van der Waals surface area contributed by atoms with Crippen LogP contribution in [0, 0.1) is 0 Å². The quantitative estimate of drug-likeness (QED) is 0.869. The summed E-state index contributed by atoms with van der Waals surface area (Å²) >= 11 is 3.30. The van der Waals surface area contributed by atoms with E-state index < -0.39 is 5.97 Å². The highest BCUT2D eigenvalue weighted by Gasteiger charge is 2.32. The van der Waals surface area contributed by atoms with E-state index in [1.807, 2.05) is 6.07 Å². The Balaban J connectivity index is 1.61. The summed E-state index contributed by atoms with van der Waals surface area (Å²) in [4.78, 5) is 13.8. The molecule has 114 valence electrons. The van der Waals surface area contributed by atoms with Gasteiger partial charge >= 0.3 is 5.97 Å². The second-order valence-electron chi connectivity index (χ2n) is 5.62. The predicted octanol–water partition coefficient (Wildman–Crippen LogP) is 2.42. The first-order chi connectivity index (χ1) is 10.1. The smallest absolute Gasteiger partial charge is 0.337 e. The fourth-order valence-electron chi connectivity index (χ4n) is 3.08. The van der Waals surface area contributed by atoms with Crippen LogP contribution in [-0.2, 0) is 4.74 Å². The number of morpholine rings is 1. The third-order valence-electron chi connectivity index (χ3n) is 4.19. The molecule has 2 saturated heterocycles. The molecule has 3 rings (SSSR count). The van der Waals surface area contributed by atoms with E-state index in [1.165, 1.54) is 12.8 Å². The Morgan fingerprint density at radius 3 is 3.19 bits per heavy atom. The Labute approximate surface area is 132 Å². The molecule has 0 bridgehead atoms. The first-order valence-corrected chi connectivity index (χ1v) is 8.05. The highest BCUT2D eigenvalue weighted by Crippen LogP contribution is 2.24. The first-order valence-electron chi connectivity index (χ1n) is 7.26. The molecule has 2 atom stereocenters. The van der Waals surface area contributed by atoms with Gasteiger partial charge in [0.15, 0.2) is 0 Å². The molecule has 0 aliphatic carbocycles. The molecule has 1 aromatic rings. The molecule has 2 unspecified atom stereocenters. The number of aromatic carboxylic acids is 1. The molecule has 5 nitrogen and oxygen atoms in total.